The van der Waals surface area contributed by atoms with Crippen LogP contribution in [-0.2, 0) is 11.8 Å². The Balaban J connectivity index is 2.12. The topological polar surface area (TPSA) is 80.9 Å². The van der Waals surface area contributed by atoms with Crippen molar-refractivity contribution in [2.75, 3.05) is 7.11 Å². The second kappa shape index (κ2) is 7.79. The number of aliphatic carboxylic acids is 1. The SMILES string of the molecule is COc1ccc2c(c1F)C(c1ccc(F)cc1)=N[C@@H](CC(=O)O)c1cc(=O)n(C)cc1-2. The zero-order valence-corrected chi connectivity index (χ0v) is 16.7. The van der Waals surface area contributed by atoms with Gasteiger partial charge in [-0.1, -0.05) is 0 Å². The van der Waals surface area contributed by atoms with Crippen LogP contribution in [0.1, 0.15) is 29.2 Å². The molecule has 1 N–H and O–H groups in total. The van der Waals surface area contributed by atoms with Crippen LogP contribution in [0.25, 0.3) is 11.1 Å². The van der Waals surface area contributed by atoms with Crippen LogP contribution in [0.4, 0.5) is 8.78 Å². The molecule has 0 spiro atoms. The van der Waals surface area contributed by atoms with E-state index in [4.69, 9.17) is 4.74 Å². The van der Waals surface area contributed by atoms with E-state index in [1.165, 1.54) is 48.1 Å². The number of methoxy groups -OCH3 is 1. The van der Waals surface area contributed by atoms with E-state index in [0.29, 0.717) is 22.3 Å². The summed E-state index contributed by atoms with van der Waals surface area (Å²) in [7, 11) is 2.89. The molecule has 4 rings (SSSR count). The summed E-state index contributed by atoms with van der Waals surface area (Å²) in [5.41, 5.74) is 1.62. The van der Waals surface area contributed by atoms with Crippen LogP contribution in [-0.4, -0.2) is 28.5 Å². The highest BCUT2D eigenvalue weighted by Crippen LogP contribution is 2.41. The summed E-state index contributed by atoms with van der Waals surface area (Å²) in [6.45, 7) is 0. The van der Waals surface area contributed by atoms with Crippen LogP contribution in [0.15, 0.2) is 58.4 Å². The van der Waals surface area contributed by atoms with Crippen molar-refractivity contribution in [1.82, 2.24) is 4.57 Å². The highest BCUT2D eigenvalue weighted by molar-refractivity contribution is 6.17. The third-order valence-corrected chi connectivity index (χ3v) is 5.24. The number of benzene rings is 2. The van der Waals surface area contributed by atoms with Gasteiger partial charge in [-0.05, 0) is 47.5 Å². The number of pyridine rings is 1. The summed E-state index contributed by atoms with van der Waals surface area (Å²) in [5.74, 6) is -2.30. The number of rotatable bonds is 4. The molecule has 0 amide bonds. The lowest BCUT2D eigenvalue weighted by molar-refractivity contribution is -0.137. The number of carboxylic acid groups (broad SMARTS) is 1. The van der Waals surface area contributed by atoms with Gasteiger partial charge in [0.1, 0.15) is 5.82 Å². The van der Waals surface area contributed by atoms with Crippen LogP contribution in [0.3, 0.4) is 0 Å². The lowest BCUT2D eigenvalue weighted by atomic mass is 9.91. The Hall–Kier alpha value is -3.81. The lowest BCUT2D eigenvalue weighted by Gasteiger charge is -2.15. The van der Waals surface area contributed by atoms with Gasteiger partial charge in [0, 0.05) is 36.0 Å². The molecule has 31 heavy (non-hydrogen) atoms. The smallest absolute Gasteiger partial charge is 0.305 e. The van der Waals surface area contributed by atoms with Crippen molar-refractivity contribution in [3.63, 3.8) is 0 Å². The van der Waals surface area contributed by atoms with Crippen LogP contribution in [0.5, 0.6) is 5.75 Å². The molecule has 3 aromatic rings. The predicted octanol–water partition coefficient (Wildman–Crippen LogP) is 3.71. The Morgan fingerprint density at radius 1 is 1.16 bits per heavy atom. The van der Waals surface area contributed by atoms with Crippen molar-refractivity contribution in [2.24, 2.45) is 12.0 Å². The molecule has 0 radical (unpaired) electrons. The molecule has 1 aliphatic heterocycles. The van der Waals surface area contributed by atoms with Gasteiger partial charge in [0.2, 0.25) is 0 Å². The average Bonchev–Trinajstić information content (AvgIpc) is 2.85. The molecule has 0 fully saturated rings. The van der Waals surface area contributed by atoms with Gasteiger partial charge in [-0.3, -0.25) is 14.6 Å². The predicted molar refractivity (Wildman–Crippen MR) is 111 cm³/mol. The minimum Gasteiger partial charge on any atom is -0.494 e. The van der Waals surface area contributed by atoms with E-state index < -0.39 is 30.1 Å². The fourth-order valence-corrected chi connectivity index (χ4v) is 3.75. The molecule has 8 heteroatoms. The number of aliphatic imine (C=N–C) groups is 1. The maximum atomic E-state index is 15.5. The molecular formula is C23H18F2N2O4. The first-order chi connectivity index (χ1) is 14.8. The summed E-state index contributed by atoms with van der Waals surface area (Å²) in [6, 6.07) is 8.81. The number of fused-ring (bicyclic) bond motifs is 3. The molecule has 6 nitrogen and oxygen atoms in total. The van der Waals surface area contributed by atoms with E-state index >= 15 is 4.39 Å². The Labute approximate surface area is 176 Å². The number of aromatic nitrogens is 1. The maximum absolute atomic E-state index is 15.5. The van der Waals surface area contributed by atoms with Gasteiger partial charge in [0.15, 0.2) is 11.6 Å². The molecule has 0 saturated carbocycles. The molecule has 2 heterocycles. The second-order valence-electron chi connectivity index (χ2n) is 7.19. The van der Waals surface area contributed by atoms with E-state index in [2.05, 4.69) is 4.99 Å². The molecule has 1 aromatic heterocycles. The summed E-state index contributed by atoms with van der Waals surface area (Å²) in [6.07, 6.45) is 1.14. The zero-order valence-electron chi connectivity index (χ0n) is 16.7. The molecule has 0 unspecified atom stereocenters. The van der Waals surface area contributed by atoms with Crippen molar-refractivity contribution in [3.05, 3.63) is 87.3 Å². The van der Waals surface area contributed by atoms with E-state index in [-0.39, 0.29) is 22.6 Å². The standard InChI is InChI=1S/C23H18F2N2O4/c1-27-11-16-14-7-8-18(31-2)22(25)21(14)23(12-3-5-13(24)6-4-12)26-17(10-20(29)30)15(16)9-19(27)28/h3-9,11,17H,10H2,1-2H3,(H,29,30)/t17-/m0/s1. The van der Waals surface area contributed by atoms with Crippen LogP contribution < -0.4 is 10.3 Å². The largest absolute Gasteiger partial charge is 0.494 e. The Bertz CT molecular complexity index is 1280. The highest BCUT2D eigenvalue weighted by atomic mass is 19.1. The van der Waals surface area contributed by atoms with Crippen molar-refractivity contribution >= 4 is 11.7 Å². The van der Waals surface area contributed by atoms with Crippen LogP contribution in [0.2, 0.25) is 0 Å². The highest BCUT2D eigenvalue weighted by Gasteiger charge is 2.30. The van der Waals surface area contributed by atoms with Gasteiger partial charge in [0.05, 0.1) is 25.3 Å². The fourth-order valence-electron chi connectivity index (χ4n) is 3.75. The Morgan fingerprint density at radius 2 is 1.87 bits per heavy atom. The van der Waals surface area contributed by atoms with Crippen molar-refractivity contribution in [2.45, 2.75) is 12.5 Å². The number of halogens is 2. The van der Waals surface area contributed by atoms with E-state index in [9.17, 15) is 19.1 Å². The normalized spacial score (nSPS) is 14.8. The Kier molecular flexibility index (Phi) is 5.14. The molecule has 2 aromatic carbocycles. The van der Waals surface area contributed by atoms with Crippen LogP contribution >= 0.6 is 0 Å². The molecule has 1 aliphatic rings. The summed E-state index contributed by atoms with van der Waals surface area (Å²) in [4.78, 5) is 28.5. The van der Waals surface area contributed by atoms with Gasteiger partial charge >= 0.3 is 5.97 Å². The molecule has 0 bridgehead atoms. The third kappa shape index (κ3) is 3.61. The van der Waals surface area contributed by atoms with Crippen molar-refractivity contribution < 1.29 is 23.4 Å². The monoisotopic (exact) mass is 424 g/mol. The zero-order chi connectivity index (χ0) is 22.3. The quantitative estimate of drug-likeness (QED) is 0.693. The molecule has 1 atom stereocenters. The molecular weight excluding hydrogens is 406 g/mol. The number of hydrogen-bond donors (Lipinski definition) is 1. The minimum absolute atomic E-state index is 0.0170. The minimum atomic E-state index is -1.12. The van der Waals surface area contributed by atoms with Gasteiger partial charge in [-0.2, -0.15) is 0 Å². The summed E-state index contributed by atoms with van der Waals surface area (Å²) < 4.78 is 35.6. The number of aryl methyl sites for hydroxylation is 1. The van der Waals surface area contributed by atoms with Gasteiger partial charge in [0.25, 0.3) is 5.56 Å². The first-order valence-electron chi connectivity index (χ1n) is 9.43. The molecule has 0 aliphatic carbocycles. The van der Waals surface area contributed by atoms with Crippen molar-refractivity contribution in [1.29, 1.82) is 0 Å². The Morgan fingerprint density at radius 3 is 2.52 bits per heavy atom. The van der Waals surface area contributed by atoms with Gasteiger partial charge in [-0.25, -0.2) is 8.78 Å². The third-order valence-electron chi connectivity index (χ3n) is 5.24. The first-order valence-corrected chi connectivity index (χ1v) is 9.43. The van der Waals surface area contributed by atoms with E-state index in [1.807, 2.05) is 0 Å². The van der Waals surface area contributed by atoms with E-state index in [0.717, 1.165) is 0 Å². The fraction of sp³-hybridized carbons (Fsp3) is 0.174. The molecule has 0 saturated heterocycles. The lowest BCUT2D eigenvalue weighted by Crippen LogP contribution is -2.18. The van der Waals surface area contributed by atoms with Crippen LogP contribution in [0, 0.1) is 11.6 Å². The number of carbonyl (C=O) groups is 1. The summed E-state index contributed by atoms with van der Waals surface area (Å²) in [5, 5.41) is 9.46. The number of hydrogen-bond acceptors (Lipinski definition) is 4. The second-order valence-corrected chi connectivity index (χ2v) is 7.19. The average molecular weight is 424 g/mol. The van der Waals surface area contributed by atoms with Gasteiger partial charge in [-0.15, -0.1) is 0 Å². The number of nitrogens with zero attached hydrogens (tertiary/aromatic N) is 2. The van der Waals surface area contributed by atoms with E-state index in [1.54, 1.807) is 19.3 Å². The first kappa shape index (κ1) is 20.5. The van der Waals surface area contributed by atoms with Crippen molar-refractivity contribution in [3.8, 4) is 16.9 Å². The van der Waals surface area contributed by atoms with Gasteiger partial charge < -0.3 is 14.4 Å². The summed E-state index contributed by atoms with van der Waals surface area (Å²) >= 11 is 0. The number of carboxylic acids is 1. The number of ether oxygens (including phenoxy) is 1. The maximum Gasteiger partial charge on any atom is 0.305 e. The molecule has 158 valence electrons.